The minimum absolute atomic E-state index is 0.0163. The van der Waals surface area contributed by atoms with Crippen LogP contribution in [0.5, 0.6) is 5.75 Å². The number of rotatable bonds is 8. The molecule has 3 aromatic rings. The van der Waals surface area contributed by atoms with E-state index in [4.69, 9.17) is 4.74 Å². The summed E-state index contributed by atoms with van der Waals surface area (Å²) in [5.74, 6) is 1.68. The molecule has 0 spiro atoms. The molecule has 0 bridgehead atoms. The van der Waals surface area contributed by atoms with E-state index in [-0.39, 0.29) is 11.9 Å². The van der Waals surface area contributed by atoms with Gasteiger partial charge in [-0.15, -0.1) is 0 Å². The zero-order valence-electron chi connectivity index (χ0n) is 20.0. The second kappa shape index (κ2) is 11.3. The zero-order valence-corrected chi connectivity index (χ0v) is 20.0. The van der Waals surface area contributed by atoms with Crippen LogP contribution in [0.4, 0.5) is 0 Å². The summed E-state index contributed by atoms with van der Waals surface area (Å²) in [6, 6.07) is 27.9. The SMILES string of the molecule is CCCc1ccc(OC(=O)C2CCC(c3ccc(C[C@H](C)c4ccccc4)cc3)CC2)cc1. The van der Waals surface area contributed by atoms with Crippen LogP contribution in [0.2, 0.25) is 0 Å². The fourth-order valence-electron chi connectivity index (χ4n) is 5.05. The molecule has 1 saturated carbocycles. The van der Waals surface area contributed by atoms with Crippen LogP contribution in [0.1, 0.15) is 80.0 Å². The first-order valence-corrected chi connectivity index (χ1v) is 12.6. The van der Waals surface area contributed by atoms with Crippen LogP contribution in [0.15, 0.2) is 78.9 Å². The molecule has 0 N–H and O–H groups in total. The molecule has 1 aliphatic rings. The van der Waals surface area contributed by atoms with Gasteiger partial charge in [0.15, 0.2) is 0 Å². The van der Waals surface area contributed by atoms with Crippen molar-refractivity contribution < 1.29 is 9.53 Å². The van der Waals surface area contributed by atoms with E-state index in [1.54, 1.807) is 0 Å². The highest BCUT2D eigenvalue weighted by Gasteiger charge is 2.28. The lowest BCUT2D eigenvalue weighted by atomic mass is 9.78. The van der Waals surface area contributed by atoms with Crippen molar-refractivity contribution in [2.45, 2.75) is 70.6 Å². The smallest absolute Gasteiger partial charge is 0.314 e. The maximum Gasteiger partial charge on any atom is 0.314 e. The molecule has 172 valence electrons. The topological polar surface area (TPSA) is 26.3 Å². The number of esters is 1. The Labute approximate surface area is 199 Å². The van der Waals surface area contributed by atoms with Crippen molar-refractivity contribution in [1.29, 1.82) is 0 Å². The molecule has 4 rings (SSSR count). The van der Waals surface area contributed by atoms with Gasteiger partial charge in [0.1, 0.15) is 5.75 Å². The van der Waals surface area contributed by atoms with Crippen molar-refractivity contribution >= 4 is 5.97 Å². The number of hydrogen-bond acceptors (Lipinski definition) is 2. The van der Waals surface area contributed by atoms with Gasteiger partial charge in [-0.1, -0.05) is 87.0 Å². The standard InChI is InChI=1S/C31H36O2/c1-3-7-24-12-20-30(21-13-24)33-31(32)29-18-16-28(17-19-29)27-14-10-25(11-15-27)22-23(2)26-8-5-4-6-9-26/h4-6,8-15,20-21,23,28-29H,3,7,16-19,22H2,1-2H3/t23-,28?,29?/m0/s1. The van der Waals surface area contributed by atoms with Gasteiger partial charge in [-0.2, -0.15) is 0 Å². The number of ether oxygens (including phenoxy) is 1. The minimum Gasteiger partial charge on any atom is -0.426 e. The Hall–Kier alpha value is -2.87. The first kappa shape index (κ1) is 23.3. The maximum absolute atomic E-state index is 12.7. The van der Waals surface area contributed by atoms with E-state index in [2.05, 4.69) is 80.6 Å². The van der Waals surface area contributed by atoms with Crippen LogP contribution in [-0.4, -0.2) is 5.97 Å². The average molecular weight is 441 g/mol. The molecule has 3 aromatic carbocycles. The Kier molecular flexibility index (Phi) is 7.99. The fourth-order valence-corrected chi connectivity index (χ4v) is 5.05. The normalized spacial score (nSPS) is 19.1. The molecule has 0 radical (unpaired) electrons. The van der Waals surface area contributed by atoms with E-state index in [0.29, 0.717) is 17.6 Å². The van der Waals surface area contributed by atoms with E-state index < -0.39 is 0 Å². The molecular weight excluding hydrogens is 404 g/mol. The molecule has 1 aliphatic carbocycles. The summed E-state index contributed by atoms with van der Waals surface area (Å²) in [5.41, 5.74) is 5.48. The van der Waals surface area contributed by atoms with E-state index in [0.717, 1.165) is 44.9 Å². The van der Waals surface area contributed by atoms with Gasteiger partial charge in [-0.25, -0.2) is 0 Å². The highest BCUT2D eigenvalue weighted by atomic mass is 16.5. The van der Waals surface area contributed by atoms with Gasteiger partial charge in [0.25, 0.3) is 0 Å². The van der Waals surface area contributed by atoms with Crippen molar-refractivity contribution in [2.75, 3.05) is 0 Å². The Morgan fingerprint density at radius 3 is 2.12 bits per heavy atom. The summed E-state index contributed by atoms with van der Waals surface area (Å²) in [6.07, 6.45) is 7.16. The summed E-state index contributed by atoms with van der Waals surface area (Å²) < 4.78 is 5.68. The Morgan fingerprint density at radius 1 is 0.848 bits per heavy atom. The number of carbonyl (C=O) groups excluding carboxylic acids is 1. The zero-order chi connectivity index (χ0) is 23.0. The van der Waals surface area contributed by atoms with Crippen LogP contribution in [0.3, 0.4) is 0 Å². The van der Waals surface area contributed by atoms with Crippen LogP contribution >= 0.6 is 0 Å². The summed E-state index contributed by atoms with van der Waals surface area (Å²) in [4.78, 5) is 12.7. The number of carbonyl (C=O) groups is 1. The quantitative estimate of drug-likeness (QED) is 0.263. The van der Waals surface area contributed by atoms with E-state index >= 15 is 0 Å². The van der Waals surface area contributed by atoms with Gasteiger partial charge < -0.3 is 4.74 Å². The maximum atomic E-state index is 12.7. The number of benzene rings is 3. The number of hydrogen-bond donors (Lipinski definition) is 0. The van der Waals surface area contributed by atoms with Crippen molar-refractivity contribution in [3.8, 4) is 5.75 Å². The van der Waals surface area contributed by atoms with Crippen molar-refractivity contribution in [2.24, 2.45) is 5.92 Å². The third-order valence-electron chi connectivity index (χ3n) is 7.10. The van der Waals surface area contributed by atoms with Crippen LogP contribution < -0.4 is 4.74 Å². The fraction of sp³-hybridized carbons (Fsp3) is 0.387. The predicted molar refractivity (Wildman–Crippen MR) is 136 cm³/mol. The van der Waals surface area contributed by atoms with Gasteiger partial charge in [0, 0.05) is 0 Å². The summed E-state index contributed by atoms with van der Waals surface area (Å²) in [7, 11) is 0. The van der Waals surface area contributed by atoms with E-state index in [1.807, 2.05) is 12.1 Å². The first-order valence-electron chi connectivity index (χ1n) is 12.6. The van der Waals surface area contributed by atoms with Crippen LogP contribution in [-0.2, 0) is 17.6 Å². The van der Waals surface area contributed by atoms with Gasteiger partial charge >= 0.3 is 5.97 Å². The molecule has 1 atom stereocenters. The number of aryl methyl sites for hydroxylation is 1. The Bertz CT molecular complexity index is 997. The third-order valence-corrected chi connectivity index (χ3v) is 7.10. The molecule has 0 aromatic heterocycles. The molecule has 0 unspecified atom stereocenters. The summed E-state index contributed by atoms with van der Waals surface area (Å²) in [6.45, 7) is 4.47. The summed E-state index contributed by atoms with van der Waals surface area (Å²) in [5, 5.41) is 0. The first-order chi connectivity index (χ1) is 16.1. The van der Waals surface area contributed by atoms with Gasteiger partial charge in [0.2, 0.25) is 0 Å². The second-order valence-electron chi connectivity index (χ2n) is 9.62. The average Bonchev–Trinajstić information content (AvgIpc) is 2.86. The Balaban J connectivity index is 1.26. The minimum atomic E-state index is -0.0676. The van der Waals surface area contributed by atoms with Gasteiger partial charge in [0.05, 0.1) is 5.92 Å². The lowest BCUT2D eigenvalue weighted by molar-refractivity contribution is -0.140. The summed E-state index contributed by atoms with van der Waals surface area (Å²) >= 11 is 0. The van der Waals surface area contributed by atoms with Crippen LogP contribution in [0, 0.1) is 5.92 Å². The molecule has 0 amide bonds. The predicted octanol–water partition coefficient (Wildman–Crippen LogP) is 7.86. The monoisotopic (exact) mass is 440 g/mol. The molecule has 2 heteroatoms. The molecular formula is C31H36O2. The van der Waals surface area contributed by atoms with Crippen molar-refractivity contribution in [1.82, 2.24) is 0 Å². The second-order valence-corrected chi connectivity index (χ2v) is 9.62. The molecule has 2 nitrogen and oxygen atoms in total. The van der Waals surface area contributed by atoms with Crippen LogP contribution in [0.25, 0.3) is 0 Å². The van der Waals surface area contributed by atoms with E-state index in [9.17, 15) is 4.79 Å². The molecule has 1 fully saturated rings. The largest absolute Gasteiger partial charge is 0.426 e. The molecule has 0 heterocycles. The molecule has 0 saturated heterocycles. The van der Waals surface area contributed by atoms with E-state index in [1.165, 1.54) is 22.3 Å². The highest BCUT2D eigenvalue weighted by Crippen LogP contribution is 2.36. The Morgan fingerprint density at radius 2 is 1.48 bits per heavy atom. The lowest BCUT2D eigenvalue weighted by Gasteiger charge is -2.27. The molecule has 0 aliphatic heterocycles. The molecule has 33 heavy (non-hydrogen) atoms. The highest BCUT2D eigenvalue weighted by molar-refractivity contribution is 5.75. The third kappa shape index (κ3) is 6.35. The van der Waals surface area contributed by atoms with Crippen molar-refractivity contribution in [3.63, 3.8) is 0 Å². The van der Waals surface area contributed by atoms with Gasteiger partial charge in [-0.05, 0) is 84.7 Å². The lowest BCUT2D eigenvalue weighted by Crippen LogP contribution is -2.25. The van der Waals surface area contributed by atoms with Gasteiger partial charge in [-0.3, -0.25) is 4.79 Å². The van der Waals surface area contributed by atoms with Crippen molar-refractivity contribution in [3.05, 3.63) is 101 Å².